The number of aromatic nitrogens is 1. The zero-order valence-electron chi connectivity index (χ0n) is 6.75. The van der Waals surface area contributed by atoms with Crippen LogP contribution in [0.2, 0.25) is 0 Å². The Balaban J connectivity index is 3.42. The van der Waals surface area contributed by atoms with Gasteiger partial charge in [-0.05, 0) is 44.6 Å². The first-order valence-electron chi connectivity index (χ1n) is 3.44. The lowest BCUT2D eigenvalue weighted by Crippen LogP contribution is -2.11. The summed E-state index contributed by atoms with van der Waals surface area (Å²) in [5.41, 5.74) is -1.97. The number of rotatable bonds is 1. The predicted molar refractivity (Wildman–Crippen MR) is 54.6 cm³/mol. The van der Waals surface area contributed by atoms with Crippen LogP contribution in [0.25, 0.3) is 0 Å². The van der Waals surface area contributed by atoms with E-state index in [-0.39, 0.29) is 4.60 Å². The number of halogens is 7. The van der Waals surface area contributed by atoms with Crippen LogP contribution in [0.5, 0.6) is 0 Å². The van der Waals surface area contributed by atoms with Crippen molar-refractivity contribution in [1.29, 1.82) is 0 Å². The van der Waals surface area contributed by atoms with Crippen molar-refractivity contribution in [3.63, 3.8) is 0 Å². The molecule has 1 aromatic rings. The van der Waals surface area contributed by atoms with Crippen molar-refractivity contribution < 1.29 is 22.0 Å². The van der Waals surface area contributed by atoms with Crippen molar-refractivity contribution in [1.82, 2.24) is 4.98 Å². The molecule has 0 aliphatic heterocycles. The molecule has 0 radical (unpaired) electrons. The first-order valence-corrected chi connectivity index (χ1v) is 5.32. The molecule has 0 fully saturated rings. The number of hydrogen-bond acceptors (Lipinski definition) is 1. The van der Waals surface area contributed by atoms with Gasteiger partial charge in [-0.1, -0.05) is 0 Å². The van der Waals surface area contributed by atoms with Gasteiger partial charge in [0.1, 0.15) is 10.3 Å². The lowest BCUT2D eigenvalue weighted by atomic mass is 10.2. The highest BCUT2D eigenvalue weighted by Gasteiger charge is 2.35. The Morgan fingerprint density at radius 1 is 1.33 bits per heavy atom. The molecule has 0 bridgehead atoms. The highest BCUT2D eigenvalue weighted by molar-refractivity contribution is 14.1. The van der Waals surface area contributed by atoms with Crippen molar-refractivity contribution in [3.05, 3.63) is 25.5 Å². The molecule has 0 amide bonds. The molecule has 0 aliphatic rings. The monoisotopic (exact) mass is 401 g/mol. The van der Waals surface area contributed by atoms with Crippen LogP contribution in [0, 0.1) is 3.57 Å². The lowest BCUT2D eigenvalue weighted by Gasteiger charge is -2.12. The van der Waals surface area contributed by atoms with E-state index in [2.05, 4.69) is 20.9 Å². The molecule has 1 aromatic heterocycles. The van der Waals surface area contributed by atoms with Crippen molar-refractivity contribution in [2.24, 2.45) is 0 Å². The van der Waals surface area contributed by atoms with Crippen LogP contribution in [-0.4, -0.2) is 4.98 Å². The van der Waals surface area contributed by atoms with E-state index in [9.17, 15) is 22.0 Å². The maximum Gasteiger partial charge on any atom is 0.417 e. The van der Waals surface area contributed by atoms with Gasteiger partial charge in [-0.3, -0.25) is 0 Å². The van der Waals surface area contributed by atoms with Gasteiger partial charge in [0, 0.05) is 0 Å². The van der Waals surface area contributed by atoms with Crippen LogP contribution < -0.4 is 0 Å². The number of hydrogen-bond donors (Lipinski definition) is 0. The van der Waals surface area contributed by atoms with E-state index in [0.717, 1.165) is 0 Å². The van der Waals surface area contributed by atoms with Gasteiger partial charge in [0.05, 0.1) is 9.13 Å². The molecule has 0 unspecified atom stereocenters. The fourth-order valence-corrected chi connectivity index (χ4v) is 2.11. The Morgan fingerprint density at radius 3 is 2.27 bits per heavy atom. The minimum Gasteiger partial charge on any atom is -0.239 e. The van der Waals surface area contributed by atoms with Crippen LogP contribution >= 0.6 is 38.5 Å². The molecule has 1 heterocycles. The molecule has 0 atom stereocenters. The summed E-state index contributed by atoms with van der Waals surface area (Å²) in [5, 5.41) is 0. The Labute approximate surface area is 103 Å². The van der Waals surface area contributed by atoms with Gasteiger partial charge < -0.3 is 0 Å². The smallest absolute Gasteiger partial charge is 0.239 e. The average molecular weight is 402 g/mol. The predicted octanol–water partition coefficient (Wildman–Crippen LogP) is 4.41. The Kier molecular flexibility index (Phi) is 3.90. The topological polar surface area (TPSA) is 12.9 Å². The Morgan fingerprint density at radius 2 is 1.87 bits per heavy atom. The summed E-state index contributed by atoms with van der Waals surface area (Å²) < 4.78 is 60.9. The van der Waals surface area contributed by atoms with Gasteiger partial charge in [-0.25, -0.2) is 13.8 Å². The average Bonchev–Trinajstić information content (AvgIpc) is 2.06. The van der Waals surface area contributed by atoms with Gasteiger partial charge in [0.15, 0.2) is 0 Å². The molecular formula is C7H2BrF5IN. The molecule has 0 saturated heterocycles. The first kappa shape index (κ1) is 13.1. The minimum atomic E-state index is -4.66. The summed E-state index contributed by atoms with van der Waals surface area (Å²) in [4.78, 5) is 3.31. The fourth-order valence-electron chi connectivity index (χ4n) is 0.868. The lowest BCUT2D eigenvalue weighted by molar-refractivity contribution is -0.138. The zero-order chi connectivity index (χ0) is 11.8. The van der Waals surface area contributed by atoms with Crippen molar-refractivity contribution in [2.75, 3.05) is 0 Å². The van der Waals surface area contributed by atoms with Crippen molar-refractivity contribution >= 4 is 38.5 Å². The second-order valence-corrected chi connectivity index (χ2v) is 4.38. The molecule has 8 heteroatoms. The van der Waals surface area contributed by atoms with E-state index in [1.807, 2.05) is 0 Å². The Hall–Kier alpha value is 0.01000. The molecule has 1 nitrogen and oxygen atoms in total. The van der Waals surface area contributed by atoms with Crippen LogP contribution in [-0.2, 0) is 6.18 Å². The molecule has 0 aliphatic carbocycles. The van der Waals surface area contributed by atoms with Crippen LogP contribution in [0.1, 0.15) is 17.7 Å². The van der Waals surface area contributed by atoms with E-state index in [0.29, 0.717) is 6.07 Å². The molecular weight excluding hydrogens is 400 g/mol. The zero-order valence-corrected chi connectivity index (χ0v) is 10.5. The number of alkyl halides is 5. The normalized spacial score (nSPS) is 12.3. The maximum absolute atomic E-state index is 12.4. The summed E-state index contributed by atoms with van der Waals surface area (Å²) in [5.74, 6) is 0. The van der Waals surface area contributed by atoms with Crippen LogP contribution in [0.15, 0.2) is 10.7 Å². The summed E-state index contributed by atoms with van der Waals surface area (Å²) in [7, 11) is 0. The molecule has 0 spiro atoms. The van der Waals surface area contributed by atoms with E-state index in [1.165, 1.54) is 22.6 Å². The molecule has 84 valence electrons. The fraction of sp³-hybridized carbons (Fsp3) is 0.286. The van der Waals surface area contributed by atoms with Crippen LogP contribution in [0.3, 0.4) is 0 Å². The standard InChI is InChI=1S/C7H2BrF5IN/c8-3-1-2(7(11,12)13)4(14)5(15-3)6(9)10/h1,6H. The van der Waals surface area contributed by atoms with Gasteiger partial charge in [-0.15, -0.1) is 0 Å². The van der Waals surface area contributed by atoms with Gasteiger partial charge in [-0.2, -0.15) is 13.2 Å². The molecule has 0 saturated carbocycles. The van der Waals surface area contributed by atoms with Crippen LogP contribution in [0.4, 0.5) is 22.0 Å². The maximum atomic E-state index is 12.4. The molecule has 1 rings (SSSR count). The summed E-state index contributed by atoms with van der Waals surface area (Å²) in [6, 6.07) is 0.674. The first-order chi connectivity index (χ1) is 6.73. The summed E-state index contributed by atoms with van der Waals surface area (Å²) >= 11 is 3.87. The van der Waals surface area contributed by atoms with E-state index in [4.69, 9.17) is 0 Å². The summed E-state index contributed by atoms with van der Waals surface area (Å²) in [6.07, 6.45) is -7.69. The summed E-state index contributed by atoms with van der Waals surface area (Å²) in [6.45, 7) is 0. The van der Waals surface area contributed by atoms with E-state index in [1.54, 1.807) is 0 Å². The third kappa shape index (κ3) is 2.99. The van der Waals surface area contributed by atoms with Gasteiger partial charge in [0.25, 0.3) is 6.43 Å². The number of nitrogens with zero attached hydrogens (tertiary/aromatic N) is 1. The van der Waals surface area contributed by atoms with E-state index < -0.39 is 27.4 Å². The third-order valence-electron chi connectivity index (χ3n) is 1.46. The quantitative estimate of drug-likeness (QED) is 0.386. The Bertz CT molecular complexity index is 378. The highest BCUT2D eigenvalue weighted by Crippen LogP contribution is 2.37. The highest BCUT2D eigenvalue weighted by atomic mass is 127. The van der Waals surface area contributed by atoms with Crippen molar-refractivity contribution in [2.45, 2.75) is 12.6 Å². The molecule has 15 heavy (non-hydrogen) atoms. The minimum absolute atomic E-state index is 0.259. The van der Waals surface area contributed by atoms with Gasteiger partial charge >= 0.3 is 6.18 Å². The largest absolute Gasteiger partial charge is 0.417 e. The van der Waals surface area contributed by atoms with E-state index >= 15 is 0 Å². The van der Waals surface area contributed by atoms with Gasteiger partial charge in [0.2, 0.25) is 0 Å². The van der Waals surface area contributed by atoms with Crippen molar-refractivity contribution in [3.8, 4) is 0 Å². The second-order valence-electron chi connectivity index (χ2n) is 2.49. The molecule has 0 aromatic carbocycles. The third-order valence-corrected chi connectivity index (χ3v) is 3.00. The number of pyridine rings is 1. The second kappa shape index (κ2) is 4.48. The molecule has 0 N–H and O–H groups in total. The SMILES string of the molecule is FC(F)c1nc(Br)cc(C(F)(F)F)c1I.